The van der Waals surface area contributed by atoms with E-state index in [1.54, 1.807) is 35.0 Å². The second-order valence-corrected chi connectivity index (χ2v) is 8.52. The van der Waals surface area contributed by atoms with Crippen LogP contribution in [0.3, 0.4) is 0 Å². The Balaban J connectivity index is 1.41. The molecule has 0 radical (unpaired) electrons. The Labute approximate surface area is 215 Å². The molecule has 2 heterocycles. The van der Waals surface area contributed by atoms with Crippen LogP contribution in [0, 0.1) is 15.9 Å². The molecule has 1 unspecified atom stereocenters. The minimum Gasteiger partial charge on any atom is -0.324 e. The van der Waals surface area contributed by atoms with E-state index in [0.29, 0.717) is 16.5 Å². The monoisotopic (exact) mass is 516 g/mol. The first-order valence-corrected chi connectivity index (χ1v) is 11.4. The lowest BCUT2D eigenvalue weighted by molar-refractivity contribution is -0.384. The Morgan fingerprint density at radius 1 is 1.14 bits per heavy atom. The molecule has 0 saturated heterocycles. The highest BCUT2D eigenvalue weighted by Gasteiger charge is 2.25. The zero-order chi connectivity index (χ0) is 25.9. The molecule has 0 fully saturated rings. The third-order valence-electron chi connectivity index (χ3n) is 5.58. The zero-order valence-electron chi connectivity index (χ0n) is 19.0. The number of carbonyl (C=O) groups excluding carboxylic acids is 1. The summed E-state index contributed by atoms with van der Waals surface area (Å²) in [4.78, 5) is 27.4. The van der Waals surface area contributed by atoms with Crippen LogP contribution in [-0.4, -0.2) is 25.6 Å². The Hall–Kier alpha value is -4.83. The number of benzene rings is 3. The summed E-state index contributed by atoms with van der Waals surface area (Å²) in [6.45, 7) is 0. The van der Waals surface area contributed by atoms with Crippen molar-refractivity contribution in [1.29, 1.82) is 0 Å². The minimum atomic E-state index is -0.515. The third kappa shape index (κ3) is 5.39. The Morgan fingerprint density at radius 3 is 2.62 bits per heavy atom. The molecule has 2 N–H and O–H groups in total. The van der Waals surface area contributed by atoms with Gasteiger partial charge >= 0.3 is 0 Å². The minimum absolute atomic E-state index is 0.0501. The summed E-state index contributed by atoms with van der Waals surface area (Å²) in [6.07, 6.45) is 4.62. The molecule has 5 rings (SSSR count). The molecule has 1 aromatic heterocycles. The van der Waals surface area contributed by atoms with Gasteiger partial charge in [0.25, 0.3) is 17.5 Å². The highest BCUT2D eigenvalue weighted by molar-refractivity contribution is 6.30. The molecule has 37 heavy (non-hydrogen) atoms. The van der Waals surface area contributed by atoms with Gasteiger partial charge in [0.15, 0.2) is 0 Å². The Morgan fingerprint density at radius 2 is 1.89 bits per heavy atom. The molecular weight excluding hydrogens is 499 g/mol. The summed E-state index contributed by atoms with van der Waals surface area (Å²) in [5.74, 6) is -0.450. The number of nitro benzene ring substituents is 1. The number of rotatable bonds is 6. The quantitative estimate of drug-likeness (QED) is 0.193. The van der Waals surface area contributed by atoms with Gasteiger partial charge in [-0.25, -0.2) is 9.07 Å². The summed E-state index contributed by atoms with van der Waals surface area (Å²) in [5, 5.41) is 21.8. The fourth-order valence-corrected chi connectivity index (χ4v) is 3.93. The van der Waals surface area contributed by atoms with Gasteiger partial charge in [0.05, 0.1) is 4.92 Å². The molecule has 1 aliphatic rings. The van der Waals surface area contributed by atoms with Gasteiger partial charge in [0.1, 0.15) is 11.9 Å². The second-order valence-electron chi connectivity index (χ2n) is 8.09. The van der Waals surface area contributed by atoms with Crippen molar-refractivity contribution in [3.63, 3.8) is 0 Å². The first-order chi connectivity index (χ1) is 17.9. The average molecular weight is 517 g/mol. The fourth-order valence-electron chi connectivity index (χ4n) is 3.81. The molecule has 0 saturated carbocycles. The molecule has 0 aliphatic carbocycles. The summed E-state index contributed by atoms with van der Waals surface area (Å²) in [5.41, 5.74) is 2.79. The van der Waals surface area contributed by atoms with Crippen molar-refractivity contribution in [2.24, 2.45) is 0 Å². The molecule has 1 aliphatic heterocycles. The number of halogens is 2. The van der Waals surface area contributed by atoms with Crippen LogP contribution in [-0.2, 0) is 4.79 Å². The van der Waals surface area contributed by atoms with Crippen LogP contribution in [0.15, 0.2) is 84.9 Å². The van der Waals surface area contributed by atoms with E-state index >= 15 is 0 Å². The van der Waals surface area contributed by atoms with E-state index in [2.05, 4.69) is 20.7 Å². The fraction of sp³-hybridized carbons (Fsp3) is 0.0385. The summed E-state index contributed by atoms with van der Waals surface area (Å²) >= 11 is 6.03. The number of non-ortho nitro benzene ring substituents is 1. The van der Waals surface area contributed by atoms with Crippen LogP contribution >= 0.6 is 11.6 Å². The van der Waals surface area contributed by atoms with Crippen molar-refractivity contribution in [2.45, 2.75) is 6.04 Å². The number of nitro groups is 1. The van der Waals surface area contributed by atoms with Crippen LogP contribution in [0.2, 0.25) is 5.02 Å². The number of nitrogens with zero attached hydrogens (tertiary/aromatic N) is 4. The number of hydrogen-bond acceptors (Lipinski definition) is 6. The normalized spacial score (nSPS) is 14.5. The zero-order valence-corrected chi connectivity index (χ0v) is 19.8. The first kappa shape index (κ1) is 23.9. The summed E-state index contributed by atoms with van der Waals surface area (Å²) in [7, 11) is 0. The van der Waals surface area contributed by atoms with Crippen LogP contribution < -0.4 is 10.6 Å². The third-order valence-corrected chi connectivity index (χ3v) is 5.83. The molecule has 1 atom stereocenters. The maximum absolute atomic E-state index is 13.6. The lowest BCUT2D eigenvalue weighted by Crippen LogP contribution is -2.20. The topological polar surface area (TPSA) is 115 Å². The molecule has 184 valence electrons. The first-order valence-electron chi connectivity index (χ1n) is 11.1. The maximum Gasteiger partial charge on any atom is 0.270 e. The van der Waals surface area contributed by atoms with Gasteiger partial charge in [0, 0.05) is 28.9 Å². The molecule has 9 nitrogen and oxygen atoms in total. The van der Waals surface area contributed by atoms with Crippen LogP contribution in [0.1, 0.15) is 22.7 Å². The van der Waals surface area contributed by atoms with Crippen molar-refractivity contribution in [3.05, 3.63) is 123 Å². The molecule has 11 heteroatoms. The highest BCUT2D eigenvalue weighted by Crippen LogP contribution is 2.33. The number of aromatic nitrogens is 3. The standard InChI is InChI=1S/C26H18ClFN6O3/c27-19-9-5-17(6-10-19)22-15-23(18-7-11-20(28)12-8-18)33-26(29-22)31-25(32-33)30-24(35)13-4-16-2-1-3-21(14-16)34(36)37/h1-15,23H,(H2,29,30,31,32,35)/b13-4+. The van der Waals surface area contributed by atoms with Crippen molar-refractivity contribution < 1.29 is 14.1 Å². The van der Waals surface area contributed by atoms with Gasteiger partial charge in [-0.15, -0.1) is 5.10 Å². The maximum atomic E-state index is 13.6. The predicted octanol–water partition coefficient (Wildman–Crippen LogP) is 5.69. The lowest BCUT2D eigenvalue weighted by atomic mass is 10.0. The Kier molecular flexibility index (Phi) is 6.48. The summed E-state index contributed by atoms with van der Waals surface area (Å²) in [6, 6.07) is 18.8. The molecule has 1 amide bonds. The van der Waals surface area contributed by atoms with Crippen LogP contribution in [0.4, 0.5) is 22.0 Å². The van der Waals surface area contributed by atoms with Gasteiger partial charge in [-0.2, -0.15) is 4.98 Å². The van der Waals surface area contributed by atoms with Gasteiger partial charge < -0.3 is 5.32 Å². The number of allylic oxidation sites excluding steroid dienone is 1. The van der Waals surface area contributed by atoms with Gasteiger partial charge in [-0.05, 0) is 53.1 Å². The molecule has 3 aromatic carbocycles. The van der Waals surface area contributed by atoms with Gasteiger partial charge in [-0.3, -0.25) is 20.2 Å². The van der Waals surface area contributed by atoms with E-state index in [9.17, 15) is 19.3 Å². The number of anilines is 2. The van der Waals surface area contributed by atoms with Crippen LogP contribution in [0.25, 0.3) is 11.8 Å². The number of nitrogens with one attached hydrogen (secondary N) is 2. The molecule has 0 bridgehead atoms. The number of fused-ring (bicyclic) bond motifs is 1. The van der Waals surface area contributed by atoms with E-state index in [1.807, 2.05) is 18.2 Å². The second kappa shape index (κ2) is 10.0. The summed E-state index contributed by atoms with van der Waals surface area (Å²) < 4.78 is 15.2. The van der Waals surface area contributed by atoms with Crippen molar-refractivity contribution in [3.8, 4) is 0 Å². The molecule has 4 aromatic rings. The number of amides is 1. The average Bonchev–Trinajstić information content (AvgIpc) is 3.30. The SMILES string of the molecule is O=C(/C=C/c1cccc([N+](=O)[O-])c1)Nc1nc2n(n1)C(c1ccc(F)cc1)C=C(c1ccc(Cl)cc1)N2. The van der Waals surface area contributed by atoms with Gasteiger partial charge in [-0.1, -0.05) is 48.0 Å². The van der Waals surface area contributed by atoms with Gasteiger partial charge in [0.2, 0.25) is 5.95 Å². The number of carbonyl (C=O) groups is 1. The Bertz CT molecular complexity index is 1550. The van der Waals surface area contributed by atoms with E-state index < -0.39 is 16.9 Å². The van der Waals surface area contributed by atoms with Crippen molar-refractivity contribution >= 4 is 46.9 Å². The smallest absolute Gasteiger partial charge is 0.270 e. The van der Waals surface area contributed by atoms with E-state index in [0.717, 1.165) is 16.8 Å². The predicted molar refractivity (Wildman–Crippen MR) is 138 cm³/mol. The number of hydrogen-bond donors (Lipinski definition) is 2. The lowest BCUT2D eigenvalue weighted by Gasteiger charge is -2.24. The highest BCUT2D eigenvalue weighted by atomic mass is 35.5. The van der Waals surface area contributed by atoms with E-state index in [1.165, 1.54) is 42.5 Å². The van der Waals surface area contributed by atoms with Crippen molar-refractivity contribution in [1.82, 2.24) is 14.8 Å². The largest absolute Gasteiger partial charge is 0.324 e. The molecular formula is C26H18ClFN6O3. The van der Waals surface area contributed by atoms with E-state index in [-0.39, 0.29) is 17.5 Å². The van der Waals surface area contributed by atoms with Crippen molar-refractivity contribution in [2.75, 3.05) is 10.6 Å². The van der Waals surface area contributed by atoms with E-state index in [4.69, 9.17) is 11.6 Å². The van der Waals surface area contributed by atoms with Crippen LogP contribution in [0.5, 0.6) is 0 Å². The molecule has 0 spiro atoms.